The predicted molar refractivity (Wildman–Crippen MR) is 43.2 cm³/mol. The minimum absolute atomic E-state index is 0.0194. The first-order valence-corrected chi connectivity index (χ1v) is 4.48. The van der Waals surface area contributed by atoms with Gasteiger partial charge in [0.15, 0.2) is 0 Å². The van der Waals surface area contributed by atoms with Crippen LogP contribution in [0.25, 0.3) is 0 Å². The van der Waals surface area contributed by atoms with Gasteiger partial charge >= 0.3 is 5.97 Å². The van der Waals surface area contributed by atoms with Crippen LogP contribution in [0, 0.1) is 5.92 Å². The molecule has 1 rings (SSSR count). The molecule has 1 aliphatic rings. The van der Waals surface area contributed by atoms with E-state index in [0.29, 0.717) is 0 Å². The lowest BCUT2D eigenvalue weighted by molar-refractivity contribution is -0.144. The lowest BCUT2D eigenvalue weighted by Crippen LogP contribution is -2.06. The van der Waals surface area contributed by atoms with Gasteiger partial charge in [-0.15, -0.1) is 0 Å². The summed E-state index contributed by atoms with van der Waals surface area (Å²) in [6, 6.07) is 0. The largest absolute Gasteiger partial charge is 0.462 e. The van der Waals surface area contributed by atoms with Crippen LogP contribution in [0.3, 0.4) is 0 Å². The molecule has 2 atom stereocenters. The highest BCUT2D eigenvalue weighted by atomic mass is 16.5. The Bertz CT molecular complexity index is 142. The molecule has 0 aromatic carbocycles. The molecule has 1 saturated heterocycles. The van der Waals surface area contributed by atoms with Crippen molar-refractivity contribution < 1.29 is 9.53 Å². The second-order valence-corrected chi connectivity index (χ2v) is 3.19. The number of carbonyl (C=O) groups excluding carboxylic acids is 1. The Kier molecular flexibility index (Phi) is 2.92. The number of hydrogen-bond acceptors (Lipinski definition) is 2. The summed E-state index contributed by atoms with van der Waals surface area (Å²) in [6.45, 7) is 4.16. The van der Waals surface area contributed by atoms with Gasteiger partial charge in [0, 0.05) is 0 Å². The molecule has 0 radical (unpaired) electrons. The second kappa shape index (κ2) is 3.74. The van der Waals surface area contributed by atoms with E-state index in [4.69, 9.17) is 4.74 Å². The van der Waals surface area contributed by atoms with Crippen molar-refractivity contribution in [1.29, 1.82) is 0 Å². The van der Waals surface area contributed by atoms with Gasteiger partial charge in [0.25, 0.3) is 0 Å². The van der Waals surface area contributed by atoms with Gasteiger partial charge in [-0.25, -0.2) is 0 Å². The molecule has 0 spiro atoms. The fraction of sp³-hybridized carbons (Fsp3) is 0.889. The van der Waals surface area contributed by atoms with Crippen LogP contribution >= 0.6 is 0 Å². The van der Waals surface area contributed by atoms with Crippen LogP contribution in [0.5, 0.6) is 0 Å². The van der Waals surface area contributed by atoms with Crippen LogP contribution in [-0.2, 0) is 9.53 Å². The van der Waals surface area contributed by atoms with E-state index in [1.54, 1.807) is 0 Å². The fourth-order valence-electron chi connectivity index (χ4n) is 1.55. The molecule has 1 aliphatic heterocycles. The van der Waals surface area contributed by atoms with E-state index in [2.05, 4.69) is 6.92 Å². The van der Waals surface area contributed by atoms with E-state index in [1.165, 1.54) is 0 Å². The fourth-order valence-corrected chi connectivity index (χ4v) is 1.55. The maximum atomic E-state index is 11.1. The van der Waals surface area contributed by atoms with Crippen LogP contribution in [0.2, 0.25) is 0 Å². The molecule has 0 amide bonds. The van der Waals surface area contributed by atoms with Crippen LogP contribution in [0.15, 0.2) is 0 Å². The van der Waals surface area contributed by atoms with Crippen LogP contribution in [-0.4, -0.2) is 12.1 Å². The molecule has 2 unspecified atom stereocenters. The van der Waals surface area contributed by atoms with Crippen molar-refractivity contribution in [2.75, 3.05) is 0 Å². The molecular formula is C9H16O2. The number of hydrogen-bond donors (Lipinski definition) is 0. The van der Waals surface area contributed by atoms with Gasteiger partial charge in [0.05, 0.1) is 5.92 Å². The van der Waals surface area contributed by atoms with E-state index in [1.807, 2.05) is 6.92 Å². The Balaban J connectivity index is 2.36. The quantitative estimate of drug-likeness (QED) is 0.585. The molecule has 0 N–H and O–H groups in total. The maximum absolute atomic E-state index is 11.1. The average Bonchev–Trinajstić information content (AvgIpc) is 2.32. The number of rotatable bonds is 3. The van der Waals surface area contributed by atoms with Crippen LogP contribution in [0.4, 0.5) is 0 Å². The van der Waals surface area contributed by atoms with Gasteiger partial charge in [-0.05, 0) is 19.3 Å². The summed E-state index contributed by atoms with van der Waals surface area (Å²) in [5, 5.41) is 0. The van der Waals surface area contributed by atoms with Gasteiger partial charge in [-0.1, -0.05) is 20.3 Å². The maximum Gasteiger partial charge on any atom is 0.309 e. The summed E-state index contributed by atoms with van der Waals surface area (Å²) in [7, 11) is 0. The van der Waals surface area contributed by atoms with Crippen molar-refractivity contribution in [3.8, 4) is 0 Å². The minimum Gasteiger partial charge on any atom is -0.462 e. The van der Waals surface area contributed by atoms with Gasteiger partial charge < -0.3 is 4.74 Å². The topological polar surface area (TPSA) is 26.3 Å². The predicted octanol–water partition coefficient (Wildman–Crippen LogP) is 2.13. The third kappa shape index (κ3) is 1.95. The lowest BCUT2D eigenvalue weighted by atomic mass is 10.0. The van der Waals surface area contributed by atoms with E-state index >= 15 is 0 Å². The smallest absolute Gasteiger partial charge is 0.309 e. The van der Waals surface area contributed by atoms with Crippen molar-refractivity contribution in [2.24, 2.45) is 5.92 Å². The number of carbonyl (C=O) groups is 1. The molecule has 0 saturated carbocycles. The Hall–Kier alpha value is -0.530. The minimum atomic E-state index is 0.0194. The summed E-state index contributed by atoms with van der Waals surface area (Å²) >= 11 is 0. The van der Waals surface area contributed by atoms with Crippen LogP contribution < -0.4 is 0 Å². The van der Waals surface area contributed by atoms with Crippen molar-refractivity contribution in [1.82, 2.24) is 0 Å². The molecule has 64 valence electrons. The van der Waals surface area contributed by atoms with E-state index in [0.717, 1.165) is 25.7 Å². The molecule has 2 nitrogen and oxygen atoms in total. The van der Waals surface area contributed by atoms with Gasteiger partial charge in [0.1, 0.15) is 6.10 Å². The molecule has 0 aromatic rings. The molecule has 1 heterocycles. The van der Waals surface area contributed by atoms with E-state index in [9.17, 15) is 4.79 Å². The molecule has 0 aliphatic carbocycles. The van der Waals surface area contributed by atoms with Gasteiger partial charge in [-0.2, -0.15) is 0 Å². The van der Waals surface area contributed by atoms with Crippen molar-refractivity contribution in [3.05, 3.63) is 0 Å². The summed E-state index contributed by atoms with van der Waals surface area (Å²) in [5.74, 6) is 0.206. The molecule has 11 heavy (non-hydrogen) atoms. The van der Waals surface area contributed by atoms with Crippen molar-refractivity contribution in [2.45, 2.75) is 45.6 Å². The first kappa shape index (κ1) is 8.57. The monoisotopic (exact) mass is 156 g/mol. The van der Waals surface area contributed by atoms with E-state index < -0.39 is 0 Å². The molecule has 0 bridgehead atoms. The highest BCUT2D eigenvalue weighted by Crippen LogP contribution is 2.26. The first-order chi connectivity index (χ1) is 5.27. The Morgan fingerprint density at radius 1 is 1.55 bits per heavy atom. The Morgan fingerprint density at radius 3 is 2.73 bits per heavy atom. The summed E-state index contributed by atoms with van der Waals surface area (Å²) in [6.07, 6.45) is 4.23. The third-order valence-corrected chi connectivity index (χ3v) is 2.27. The second-order valence-electron chi connectivity index (χ2n) is 3.19. The standard InChI is InChI=1S/C9H16O2/c1-3-5-8-6-7(4-2)9(10)11-8/h7-8H,3-6H2,1-2H3. The molecule has 1 fully saturated rings. The Morgan fingerprint density at radius 2 is 2.27 bits per heavy atom. The number of cyclic esters (lactones) is 1. The summed E-state index contributed by atoms with van der Waals surface area (Å²) < 4.78 is 5.17. The zero-order valence-corrected chi connectivity index (χ0v) is 7.30. The first-order valence-electron chi connectivity index (χ1n) is 4.48. The molecule has 2 heteroatoms. The van der Waals surface area contributed by atoms with Crippen molar-refractivity contribution >= 4 is 5.97 Å². The lowest BCUT2D eigenvalue weighted by Gasteiger charge is -2.04. The average molecular weight is 156 g/mol. The zero-order chi connectivity index (χ0) is 8.27. The SMILES string of the molecule is CCCC1CC(CC)C(=O)O1. The highest BCUT2D eigenvalue weighted by molar-refractivity contribution is 5.74. The highest BCUT2D eigenvalue weighted by Gasteiger charge is 2.31. The molecule has 0 aromatic heterocycles. The third-order valence-electron chi connectivity index (χ3n) is 2.27. The molecular weight excluding hydrogens is 140 g/mol. The van der Waals surface area contributed by atoms with Gasteiger partial charge in [0.2, 0.25) is 0 Å². The van der Waals surface area contributed by atoms with Gasteiger partial charge in [-0.3, -0.25) is 4.79 Å². The normalized spacial score (nSPS) is 30.5. The summed E-state index contributed by atoms with van der Waals surface area (Å²) in [5.41, 5.74) is 0. The van der Waals surface area contributed by atoms with E-state index in [-0.39, 0.29) is 18.0 Å². The zero-order valence-electron chi connectivity index (χ0n) is 7.30. The van der Waals surface area contributed by atoms with Crippen molar-refractivity contribution in [3.63, 3.8) is 0 Å². The van der Waals surface area contributed by atoms with Crippen LogP contribution in [0.1, 0.15) is 39.5 Å². The summed E-state index contributed by atoms with van der Waals surface area (Å²) in [4.78, 5) is 11.1. The number of esters is 1. The number of ether oxygens (including phenoxy) is 1. The Labute approximate surface area is 67.9 Å².